The van der Waals surface area contributed by atoms with Crippen LogP contribution in [0.2, 0.25) is 0 Å². The fourth-order valence-corrected chi connectivity index (χ4v) is 3.92. The van der Waals surface area contributed by atoms with Crippen LogP contribution in [0.3, 0.4) is 0 Å². The average molecular weight is 525 g/mol. The molecule has 2 aromatic carbocycles. The number of carbonyl (C=O) groups is 1. The highest BCUT2D eigenvalue weighted by Gasteiger charge is 2.42. The lowest BCUT2D eigenvalue weighted by Crippen LogP contribution is -2.47. The number of hydrogen-bond donors (Lipinski definition) is 12. The minimum atomic E-state index is -3.48. The molecule has 0 spiro atoms. The van der Waals surface area contributed by atoms with Crippen LogP contribution in [-0.4, -0.2) is 69.3 Å². The van der Waals surface area contributed by atoms with Crippen LogP contribution in [0.4, 0.5) is 10.8 Å². The minimum Gasteiger partial charge on any atom is -0.504 e. The van der Waals surface area contributed by atoms with Crippen LogP contribution in [0.5, 0.6) is 28.1 Å². The van der Waals surface area contributed by atoms with Gasteiger partial charge in [-0.3, -0.25) is 10.1 Å². The molecule has 0 saturated heterocycles. The lowest BCUT2D eigenvalue weighted by Gasteiger charge is -2.24. The Kier molecular flexibility index (Phi) is 7.44. The first-order chi connectivity index (χ1) is 16.7. The summed E-state index contributed by atoms with van der Waals surface area (Å²) in [5.41, 5.74) is 3.63. The molecule has 3 aromatic rings. The van der Waals surface area contributed by atoms with Crippen molar-refractivity contribution in [3.63, 3.8) is 0 Å². The monoisotopic (exact) mass is 524 g/mol. The van der Waals surface area contributed by atoms with Crippen LogP contribution < -0.4 is 16.4 Å². The van der Waals surface area contributed by atoms with Crippen LogP contribution in [0.25, 0.3) is 0 Å². The molecule has 14 nitrogen and oxygen atoms in total. The van der Waals surface area contributed by atoms with Crippen LogP contribution in [0.15, 0.2) is 30.3 Å². The molecule has 0 aliphatic carbocycles. The largest absolute Gasteiger partial charge is 0.504 e. The summed E-state index contributed by atoms with van der Waals surface area (Å²) in [6.45, 7) is -0.257. The number of thiazole rings is 1. The summed E-state index contributed by atoms with van der Waals surface area (Å²) in [6, 6.07) is 8.51. The number of phenols is 4. The summed E-state index contributed by atoms with van der Waals surface area (Å²) in [6.07, 6.45) is -0.530. The quantitative estimate of drug-likeness (QED) is 0.0915. The molecule has 1 amide bonds. The standard InChI is InChI=1S/C21H24N4O10S/c22-19-25-16(17(30)36-19)21(34,35)18(31)24-11-14(28)12(26)10(13(27)15(11)29)6-7-23-20(32,33)8-9-4-2-1-3-5-9/h1-5,23,26-30,32-35H,6-8H2,(H2,22,25)(H,24,31). The fraction of sp³-hybridized carbons (Fsp3) is 0.238. The number of anilines is 2. The lowest BCUT2D eigenvalue weighted by atomic mass is 10.0. The van der Waals surface area contributed by atoms with Crippen LogP contribution >= 0.6 is 11.3 Å². The Labute approximate surface area is 206 Å². The zero-order chi connectivity index (χ0) is 26.8. The maximum atomic E-state index is 12.4. The molecule has 0 radical (unpaired) electrons. The summed E-state index contributed by atoms with van der Waals surface area (Å²) in [5.74, 6) is -11.8. The molecular formula is C21H24N4O10S. The molecule has 0 atom stereocenters. The van der Waals surface area contributed by atoms with Gasteiger partial charge in [0.15, 0.2) is 33.8 Å². The summed E-state index contributed by atoms with van der Waals surface area (Å²) in [4.78, 5) is 15.8. The van der Waals surface area contributed by atoms with E-state index in [1.165, 1.54) is 0 Å². The topological polar surface area (TPSA) is 262 Å². The van der Waals surface area contributed by atoms with Gasteiger partial charge in [0.05, 0.1) is 0 Å². The van der Waals surface area contributed by atoms with E-state index in [4.69, 9.17) is 5.73 Å². The Morgan fingerprint density at radius 2 is 1.53 bits per heavy atom. The third-order valence-corrected chi connectivity index (χ3v) is 5.77. The highest BCUT2D eigenvalue weighted by atomic mass is 32.1. The van der Waals surface area contributed by atoms with E-state index in [0.717, 1.165) is 0 Å². The van der Waals surface area contributed by atoms with E-state index < -0.39 is 62.6 Å². The second-order valence-electron chi connectivity index (χ2n) is 7.74. The normalized spacial score (nSPS) is 12.0. The number of aromatic hydroxyl groups is 5. The number of rotatable bonds is 9. The number of nitrogens with zero attached hydrogens (tertiary/aromatic N) is 1. The Morgan fingerprint density at radius 3 is 2.06 bits per heavy atom. The fourth-order valence-electron chi connectivity index (χ4n) is 3.30. The van der Waals surface area contributed by atoms with Gasteiger partial charge in [-0.1, -0.05) is 41.7 Å². The predicted molar refractivity (Wildman–Crippen MR) is 125 cm³/mol. The van der Waals surface area contributed by atoms with Gasteiger partial charge in [0.25, 0.3) is 11.7 Å². The molecular weight excluding hydrogens is 500 g/mol. The minimum absolute atomic E-state index is 0.197. The van der Waals surface area contributed by atoms with Crippen molar-refractivity contribution in [1.82, 2.24) is 10.3 Å². The summed E-state index contributed by atoms with van der Waals surface area (Å²) < 4.78 is 0. The van der Waals surface area contributed by atoms with Gasteiger partial charge in [-0.15, -0.1) is 0 Å². The van der Waals surface area contributed by atoms with E-state index in [2.05, 4.69) is 10.3 Å². The summed E-state index contributed by atoms with van der Waals surface area (Å²) >= 11 is 0.444. The number of benzene rings is 2. The third kappa shape index (κ3) is 5.51. The predicted octanol–water partition coefficient (Wildman–Crippen LogP) is -0.957. The molecule has 0 unspecified atom stereocenters. The van der Waals surface area contributed by atoms with E-state index >= 15 is 0 Å². The highest BCUT2D eigenvalue weighted by molar-refractivity contribution is 7.17. The number of hydrogen-bond acceptors (Lipinski definition) is 14. The molecule has 0 aliphatic rings. The van der Waals surface area contributed by atoms with Gasteiger partial charge in [-0.05, 0) is 12.0 Å². The van der Waals surface area contributed by atoms with Gasteiger partial charge < -0.3 is 57.0 Å². The van der Waals surface area contributed by atoms with Crippen molar-refractivity contribution in [2.45, 2.75) is 24.5 Å². The van der Waals surface area contributed by atoms with Gasteiger partial charge in [0.2, 0.25) is 11.0 Å². The number of amides is 1. The zero-order valence-corrected chi connectivity index (χ0v) is 19.2. The molecule has 194 valence electrons. The molecule has 0 saturated carbocycles. The van der Waals surface area contributed by atoms with E-state index in [1.807, 2.05) is 0 Å². The number of aliphatic hydroxyl groups is 4. The number of nitrogens with one attached hydrogen (secondary N) is 2. The van der Waals surface area contributed by atoms with Crippen molar-refractivity contribution >= 4 is 28.1 Å². The SMILES string of the molecule is Nc1nc(C(O)(O)C(=O)Nc2c(O)c(O)c(CCNC(O)(O)Cc3ccccc3)c(O)c2O)c(O)s1. The first-order valence-corrected chi connectivity index (χ1v) is 11.0. The van der Waals surface area contributed by atoms with Crippen LogP contribution in [0.1, 0.15) is 16.8 Å². The molecule has 3 rings (SSSR count). The van der Waals surface area contributed by atoms with E-state index in [0.29, 0.717) is 16.9 Å². The molecule has 36 heavy (non-hydrogen) atoms. The van der Waals surface area contributed by atoms with Crippen LogP contribution in [0, 0.1) is 0 Å². The van der Waals surface area contributed by atoms with Gasteiger partial charge in [0.1, 0.15) is 5.69 Å². The van der Waals surface area contributed by atoms with Crippen molar-refractivity contribution in [3.05, 3.63) is 47.2 Å². The van der Waals surface area contributed by atoms with Gasteiger partial charge in [-0.2, -0.15) is 0 Å². The maximum absolute atomic E-state index is 12.4. The number of aromatic nitrogens is 1. The molecule has 0 bridgehead atoms. The molecule has 0 aliphatic heterocycles. The lowest BCUT2D eigenvalue weighted by molar-refractivity contribution is -0.185. The molecule has 0 fully saturated rings. The molecule has 1 heterocycles. The van der Waals surface area contributed by atoms with E-state index in [-0.39, 0.29) is 24.5 Å². The highest BCUT2D eigenvalue weighted by Crippen LogP contribution is 2.50. The van der Waals surface area contributed by atoms with Crippen molar-refractivity contribution < 1.29 is 50.8 Å². The Balaban J connectivity index is 1.76. The van der Waals surface area contributed by atoms with Crippen molar-refractivity contribution in [3.8, 4) is 28.1 Å². The average Bonchev–Trinajstić information content (AvgIpc) is 3.16. The molecule has 13 N–H and O–H groups in total. The molecule has 1 aromatic heterocycles. The smallest absolute Gasteiger partial charge is 0.294 e. The van der Waals surface area contributed by atoms with E-state index in [1.54, 1.807) is 35.6 Å². The van der Waals surface area contributed by atoms with Crippen molar-refractivity contribution in [2.24, 2.45) is 0 Å². The number of carbonyl (C=O) groups excluding carboxylic acids is 1. The summed E-state index contributed by atoms with van der Waals surface area (Å²) in [5, 5.41) is 94.4. The maximum Gasteiger partial charge on any atom is 0.294 e. The van der Waals surface area contributed by atoms with Crippen molar-refractivity contribution in [2.75, 3.05) is 17.6 Å². The third-order valence-electron chi connectivity index (χ3n) is 5.08. The second-order valence-corrected chi connectivity index (χ2v) is 8.75. The Bertz CT molecular complexity index is 1230. The van der Waals surface area contributed by atoms with Gasteiger partial charge in [0, 0.05) is 18.5 Å². The zero-order valence-electron chi connectivity index (χ0n) is 18.4. The number of nitrogens with two attached hydrogens (primary N) is 1. The van der Waals surface area contributed by atoms with Crippen LogP contribution in [-0.2, 0) is 23.4 Å². The summed E-state index contributed by atoms with van der Waals surface area (Å²) in [7, 11) is 0. The van der Waals surface area contributed by atoms with E-state index in [9.17, 15) is 50.8 Å². The van der Waals surface area contributed by atoms with Crippen molar-refractivity contribution in [1.29, 1.82) is 0 Å². The Morgan fingerprint density at radius 1 is 0.944 bits per heavy atom. The number of phenolic OH excluding ortho intramolecular Hbond substituents is 4. The molecule has 15 heteroatoms. The first-order valence-electron chi connectivity index (χ1n) is 10.2. The first kappa shape index (κ1) is 26.7. The van der Waals surface area contributed by atoms with Gasteiger partial charge >= 0.3 is 0 Å². The van der Waals surface area contributed by atoms with Gasteiger partial charge in [-0.25, -0.2) is 4.98 Å². The Hall–Kier alpha value is -3.86. The number of nitrogen functional groups attached to an aromatic ring is 1. The second kappa shape index (κ2) is 10.0.